The Kier molecular flexibility index (Phi) is 6.23. The van der Waals surface area contributed by atoms with Crippen molar-refractivity contribution < 1.29 is 4.74 Å². The van der Waals surface area contributed by atoms with Gasteiger partial charge in [0.25, 0.3) is 0 Å². The van der Waals surface area contributed by atoms with Gasteiger partial charge in [-0.05, 0) is 39.4 Å². The van der Waals surface area contributed by atoms with E-state index in [1.54, 1.807) is 4.57 Å². The summed E-state index contributed by atoms with van der Waals surface area (Å²) in [5.41, 5.74) is 2.90. The summed E-state index contributed by atoms with van der Waals surface area (Å²) in [4.78, 5) is 4.26. The smallest absolute Gasteiger partial charge is 0.176 e. The van der Waals surface area contributed by atoms with E-state index in [-0.39, 0.29) is 16.5 Å². The molecule has 0 saturated heterocycles. The van der Waals surface area contributed by atoms with Crippen LogP contribution in [0.15, 0.2) is 33.9 Å². The quantitative estimate of drug-likeness (QED) is 0.509. The first kappa shape index (κ1) is 19.8. The zero-order chi connectivity index (χ0) is 19.3. The molecule has 0 fully saturated rings. The molecule has 6 heteroatoms. The lowest BCUT2D eigenvalue weighted by molar-refractivity contribution is 0.343. The zero-order valence-corrected chi connectivity index (χ0v) is 17.0. The molecule has 2 rings (SSSR count). The summed E-state index contributed by atoms with van der Waals surface area (Å²) in [6.45, 7) is 9.33. The van der Waals surface area contributed by atoms with Gasteiger partial charge in [-0.3, -0.25) is 0 Å². The third-order valence-corrected chi connectivity index (χ3v) is 4.80. The fourth-order valence-electron chi connectivity index (χ4n) is 2.52. The van der Waals surface area contributed by atoms with Crippen LogP contribution < -0.4 is 0 Å². The highest BCUT2D eigenvalue weighted by Crippen LogP contribution is 2.33. The van der Waals surface area contributed by atoms with Crippen LogP contribution in [0.3, 0.4) is 0 Å². The van der Waals surface area contributed by atoms with E-state index in [2.05, 4.69) is 78.1 Å². The fourth-order valence-corrected chi connectivity index (χ4v) is 3.10. The molecular formula is C20H21BrN4O. The predicted octanol–water partition coefficient (Wildman–Crippen LogP) is 5.04. The second kappa shape index (κ2) is 8.21. The highest BCUT2D eigenvalue weighted by molar-refractivity contribution is 9.10. The van der Waals surface area contributed by atoms with Gasteiger partial charge in [-0.1, -0.05) is 45.0 Å². The number of hydrogen-bond donors (Lipinski definition) is 0. The molecule has 0 aliphatic carbocycles. The van der Waals surface area contributed by atoms with E-state index in [0.717, 1.165) is 5.56 Å². The van der Waals surface area contributed by atoms with Crippen LogP contribution in [0.25, 0.3) is 0 Å². The van der Waals surface area contributed by atoms with Crippen molar-refractivity contribution >= 4 is 28.1 Å². The lowest BCUT2D eigenvalue weighted by atomic mass is 9.87. The van der Waals surface area contributed by atoms with Gasteiger partial charge in [-0.25, -0.2) is 4.99 Å². The number of aliphatic imine (C=N–C) groups is 1. The number of benzene rings is 1. The van der Waals surface area contributed by atoms with E-state index < -0.39 is 0 Å². The van der Waals surface area contributed by atoms with Crippen LogP contribution in [0.1, 0.15) is 49.9 Å². The van der Waals surface area contributed by atoms with Gasteiger partial charge in [-0.2, -0.15) is 10.5 Å². The molecule has 0 N–H and O–H groups in total. The van der Waals surface area contributed by atoms with Gasteiger partial charge < -0.3 is 9.30 Å². The molecule has 26 heavy (non-hydrogen) atoms. The Morgan fingerprint density at radius 3 is 2.27 bits per heavy atom. The number of hydrogen-bond acceptors (Lipinski definition) is 4. The molecule has 1 heterocycles. The lowest BCUT2D eigenvalue weighted by Gasteiger charge is -2.19. The molecule has 1 aromatic carbocycles. The molecule has 0 atom stereocenters. The second-order valence-corrected chi connectivity index (χ2v) is 7.56. The van der Waals surface area contributed by atoms with Crippen LogP contribution >= 0.6 is 15.9 Å². The van der Waals surface area contributed by atoms with Crippen molar-refractivity contribution in [3.63, 3.8) is 0 Å². The minimum atomic E-state index is 0.0848. The number of nitriles is 2. The molecule has 0 aliphatic rings. The molecular weight excluding hydrogens is 392 g/mol. The summed E-state index contributed by atoms with van der Waals surface area (Å²) in [6, 6.07) is 12.5. The minimum Gasteiger partial charge on any atom is -0.483 e. The molecule has 5 nitrogen and oxygen atoms in total. The van der Waals surface area contributed by atoms with E-state index in [1.165, 1.54) is 12.0 Å². The number of nitrogens with zero attached hydrogens (tertiary/aromatic N) is 4. The maximum Gasteiger partial charge on any atom is 0.176 e. The van der Waals surface area contributed by atoms with Gasteiger partial charge in [0, 0.05) is 0 Å². The lowest BCUT2D eigenvalue weighted by Crippen LogP contribution is -2.11. The molecule has 0 aliphatic heterocycles. The highest BCUT2D eigenvalue weighted by atomic mass is 79.9. The third-order valence-electron chi connectivity index (χ3n) is 3.97. The fraction of sp³-hybridized carbons (Fsp3) is 0.350. The summed E-state index contributed by atoms with van der Waals surface area (Å²) in [7, 11) is 0. The Bertz CT molecular complexity index is 890. The monoisotopic (exact) mass is 412 g/mol. The average Bonchev–Trinajstić information content (AvgIpc) is 2.86. The molecule has 0 spiro atoms. The normalized spacial score (nSPS) is 11.3. The third kappa shape index (κ3) is 4.15. The number of aromatic nitrogens is 1. The van der Waals surface area contributed by atoms with E-state index in [9.17, 15) is 10.5 Å². The van der Waals surface area contributed by atoms with Crippen molar-refractivity contribution in [2.45, 2.75) is 39.7 Å². The van der Waals surface area contributed by atoms with Crippen molar-refractivity contribution in [3.8, 4) is 12.1 Å². The Morgan fingerprint density at radius 1 is 1.15 bits per heavy atom. The van der Waals surface area contributed by atoms with Crippen molar-refractivity contribution in [3.05, 3.63) is 51.1 Å². The number of rotatable bonds is 5. The largest absolute Gasteiger partial charge is 0.483 e. The Morgan fingerprint density at radius 2 is 1.77 bits per heavy atom. The van der Waals surface area contributed by atoms with Crippen molar-refractivity contribution in [2.24, 2.45) is 4.99 Å². The van der Waals surface area contributed by atoms with Crippen LogP contribution in [-0.2, 0) is 16.7 Å². The van der Waals surface area contributed by atoms with E-state index in [4.69, 9.17) is 4.74 Å². The molecule has 0 bridgehead atoms. The van der Waals surface area contributed by atoms with Crippen LogP contribution in [0.4, 0.5) is 5.82 Å². The van der Waals surface area contributed by atoms with Crippen molar-refractivity contribution in [1.82, 2.24) is 4.57 Å². The van der Waals surface area contributed by atoms with Gasteiger partial charge in [-0.15, -0.1) is 0 Å². The van der Waals surface area contributed by atoms with Gasteiger partial charge in [0.15, 0.2) is 12.2 Å². The maximum absolute atomic E-state index is 9.47. The topological polar surface area (TPSA) is 74.1 Å². The van der Waals surface area contributed by atoms with Crippen molar-refractivity contribution in [1.29, 1.82) is 10.5 Å². The molecule has 0 amide bonds. The number of ether oxygens (including phenoxy) is 1. The van der Waals surface area contributed by atoms with Gasteiger partial charge in [0.1, 0.15) is 27.9 Å². The molecule has 1 aromatic heterocycles. The van der Waals surface area contributed by atoms with Gasteiger partial charge in [0.05, 0.1) is 13.2 Å². The van der Waals surface area contributed by atoms with Crippen LogP contribution in [0.5, 0.6) is 0 Å². The predicted molar refractivity (Wildman–Crippen MR) is 106 cm³/mol. The minimum absolute atomic E-state index is 0.0848. The second-order valence-electron chi connectivity index (χ2n) is 6.81. The summed E-state index contributed by atoms with van der Waals surface area (Å²) in [5, 5.41) is 18.9. The summed E-state index contributed by atoms with van der Waals surface area (Å²) < 4.78 is 7.51. The summed E-state index contributed by atoms with van der Waals surface area (Å²) in [5.74, 6) is 0.407. The Hall–Kier alpha value is -2.57. The average molecular weight is 413 g/mol. The van der Waals surface area contributed by atoms with Crippen LogP contribution in [0, 0.1) is 22.7 Å². The van der Waals surface area contributed by atoms with Crippen LogP contribution in [0.2, 0.25) is 0 Å². The highest BCUT2D eigenvalue weighted by Gasteiger charge is 2.21. The molecule has 0 saturated carbocycles. The Labute approximate surface area is 162 Å². The SMILES string of the molecule is CCO/C=N/c1c(C#N)c(C#N)c(Br)n1Cc1ccc(C(C)(C)C)cc1. The van der Waals surface area contributed by atoms with Gasteiger partial charge in [0.2, 0.25) is 0 Å². The standard InChI is InChI=1S/C20H21BrN4O/c1-5-26-13-24-19-17(11-23)16(10-22)18(21)25(19)12-14-6-8-15(9-7-14)20(2,3)4/h6-9,13H,5,12H2,1-4H3/b24-13+. The maximum atomic E-state index is 9.47. The first-order valence-corrected chi connectivity index (χ1v) is 9.08. The number of halogens is 1. The Balaban J connectivity index is 2.47. The zero-order valence-electron chi connectivity index (χ0n) is 15.4. The van der Waals surface area contributed by atoms with Gasteiger partial charge >= 0.3 is 0 Å². The summed E-state index contributed by atoms with van der Waals surface area (Å²) in [6.07, 6.45) is 1.31. The van der Waals surface area contributed by atoms with E-state index in [1.807, 2.05) is 6.92 Å². The van der Waals surface area contributed by atoms with Crippen molar-refractivity contribution in [2.75, 3.05) is 6.61 Å². The first-order chi connectivity index (χ1) is 12.3. The molecule has 0 unspecified atom stereocenters. The van der Waals surface area contributed by atoms with E-state index in [0.29, 0.717) is 23.6 Å². The van der Waals surface area contributed by atoms with E-state index >= 15 is 0 Å². The molecule has 0 radical (unpaired) electrons. The molecule has 134 valence electrons. The summed E-state index contributed by atoms with van der Waals surface area (Å²) >= 11 is 3.44. The molecule has 2 aromatic rings. The van der Waals surface area contributed by atoms with Crippen LogP contribution in [-0.4, -0.2) is 17.6 Å². The first-order valence-electron chi connectivity index (χ1n) is 8.29.